The number of amides is 1. The van der Waals surface area contributed by atoms with E-state index in [9.17, 15) is 4.79 Å². The van der Waals surface area contributed by atoms with E-state index in [4.69, 9.17) is 10.8 Å². The number of nitrogens with zero attached hydrogens (tertiary/aromatic N) is 1. The molecule has 2 heterocycles. The Bertz CT molecular complexity index is 503. The zero-order valence-electron chi connectivity index (χ0n) is 12.4. The predicted octanol–water partition coefficient (Wildman–Crippen LogP) is 1.88. The summed E-state index contributed by atoms with van der Waals surface area (Å²) in [7, 11) is 0. The average molecular weight is 288 g/mol. The number of nitrogens with two attached hydrogens (primary N) is 1. The van der Waals surface area contributed by atoms with Crippen LogP contribution in [0.4, 0.5) is 0 Å². The van der Waals surface area contributed by atoms with Gasteiger partial charge in [0.25, 0.3) is 0 Å². The first-order valence-corrected chi connectivity index (χ1v) is 7.95. The highest BCUT2D eigenvalue weighted by Crippen LogP contribution is 2.43. The second-order valence-corrected chi connectivity index (χ2v) is 6.36. The Balaban J connectivity index is 1.72. The van der Waals surface area contributed by atoms with Gasteiger partial charge in [-0.25, -0.2) is 0 Å². The summed E-state index contributed by atoms with van der Waals surface area (Å²) in [6.07, 6.45) is 5.72. The minimum absolute atomic E-state index is 0.278. The van der Waals surface area contributed by atoms with Gasteiger partial charge < -0.3 is 10.8 Å². The quantitative estimate of drug-likeness (QED) is 0.869. The monoisotopic (exact) mass is 288 g/mol. The third-order valence-electron chi connectivity index (χ3n) is 5.10. The Morgan fingerprint density at radius 1 is 1.29 bits per heavy atom. The number of carbonyl (C=O) groups excluding carboxylic acids is 1. The van der Waals surface area contributed by atoms with Crippen molar-refractivity contribution >= 4 is 5.91 Å². The Hall–Kier alpha value is -1.39. The summed E-state index contributed by atoms with van der Waals surface area (Å²) in [5.74, 6) is 0.187. The molecule has 2 bridgehead atoms. The standard InChI is InChI=1S/C17H24N2O2/c18-17(21)13-4-1-3-12(9-13)14-10-15-5-6-16(11-14)19(15)7-2-8-20/h1,3-4,9,14-16,20H,2,5-8,10-11H2,(H2,18,21)/t14?,15-,16+. The molecule has 3 atom stereocenters. The molecule has 2 fully saturated rings. The maximum absolute atomic E-state index is 11.3. The summed E-state index contributed by atoms with van der Waals surface area (Å²) < 4.78 is 0. The number of aliphatic hydroxyl groups excluding tert-OH is 1. The molecule has 2 aliphatic rings. The third-order valence-corrected chi connectivity index (χ3v) is 5.10. The molecule has 2 saturated heterocycles. The fourth-order valence-corrected chi connectivity index (χ4v) is 4.11. The lowest BCUT2D eigenvalue weighted by molar-refractivity contribution is 0.1000. The highest BCUT2D eigenvalue weighted by Gasteiger charge is 2.40. The molecule has 0 aliphatic carbocycles. The molecular formula is C17H24N2O2. The van der Waals surface area contributed by atoms with Crippen LogP contribution in [0.2, 0.25) is 0 Å². The van der Waals surface area contributed by atoms with Gasteiger partial charge in [0, 0.05) is 30.8 Å². The van der Waals surface area contributed by atoms with Gasteiger partial charge in [0.2, 0.25) is 5.91 Å². The van der Waals surface area contributed by atoms with Crippen molar-refractivity contribution in [1.82, 2.24) is 4.90 Å². The molecule has 4 heteroatoms. The Morgan fingerprint density at radius 3 is 2.62 bits per heavy atom. The van der Waals surface area contributed by atoms with Gasteiger partial charge in [0.1, 0.15) is 0 Å². The van der Waals surface area contributed by atoms with Crippen molar-refractivity contribution in [3.63, 3.8) is 0 Å². The van der Waals surface area contributed by atoms with Crippen LogP contribution < -0.4 is 5.73 Å². The SMILES string of the molecule is NC(=O)c1cccc(C2C[C@H]3CC[C@@H](C2)N3CCCO)c1. The van der Waals surface area contributed by atoms with Crippen molar-refractivity contribution in [2.75, 3.05) is 13.2 Å². The molecule has 0 aromatic heterocycles. The van der Waals surface area contributed by atoms with Gasteiger partial charge in [-0.15, -0.1) is 0 Å². The molecule has 114 valence electrons. The largest absolute Gasteiger partial charge is 0.396 e. The van der Waals surface area contributed by atoms with E-state index in [1.165, 1.54) is 18.4 Å². The fourth-order valence-electron chi connectivity index (χ4n) is 4.11. The van der Waals surface area contributed by atoms with E-state index in [1.54, 1.807) is 6.07 Å². The lowest BCUT2D eigenvalue weighted by Gasteiger charge is -2.39. The molecule has 0 spiro atoms. The zero-order valence-corrected chi connectivity index (χ0v) is 12.4. The summed E-state index contributed by atoms with van der Waals surface area (Å²) >= 11 is 0. The lowest BCUT2D eigenvalue weighted by Crippen LogP contribution is -2.42. The normalized spacial score (nSPS) is 28.7. The molecule has 1 aromatic rings. The van der Waals surface area contributed by atoms with Crippen LogP contribution in [-0.4, -0.2) is 41.1 Å². The van der Waals surface area contributed by atoms with Crippen molar-refractivity contribution in [2.24, 2.45) is 5.73 Å². The van der Waals surface area contributed by atoms with Crippen molar-refractivity contribution in [2.45, 2.75) is 50.1 Å². The highest BCUT2D eigenvalue weighted by molar-refractivity contribution is 5.92. The molecule has 2 aliphatic heterocycles. The first kappa shape index (κ1) is 14.5. The number of piperidine rings is 1. The smallest absolute Gasteiger partial charge is 0.248 e. The van der Waals surface area contributed by atoms with E-state index in [2.05, 4.69) is 11.0 Å². The van der Waals surface area contributed by atoms with Gasteiger partial charge in [0.05, 0.1) is 0 Å². The van der Waals surface area contributed by atoms with Crippen LogP contribution in [0.5, 0.6) is 0 Å². The average Bonchev–Trinajstić information content (AvgIpc) is 2.73. The highest BCUT2D eigenvalue weighted by atomic mass is 16.3. The first-order valence-electron chi connectivity index (χ1n) is 7.95. The fraction of sp³-hybridized carbons (Fsp3) is 0.588. The Kier molecular flexibility index (Phi) is 4.27. The zero-order chi connectivity index (χ0) is 14.8. The number of hydrogen-bond donors (Lipinski definition) is 2. The number of carbonyl (C=O) groups is 1. The first-order chi connectivity index (χ1) is 10.2. The summed E-state index contributed by atoms with van der Waals surface area (Å²) in [6, 6.07) is 9.09. The number of fused-ring (bicyclic) bond motifs is 2. The second-order valence-electron chi connectivity index (χ2n) is 6.36. The summed E-state index contributed by atoms with van der Waals surface area (Å²) in [5, 5.41) is 9.03. The summed E-state index contributed by atoms with van der Waals surface area (Å²) in [6.45, 7) is 1.29. The van der Waals surface area contributed by atoms with Crippen molar-refractivity contribution in [3.05, 3.63) is 35.4 Å². The van der Waals surface area contributed by atoms with Gasteiger partial charge >= 0.3 is 0 Å². The lowest BCUT2D eigenvalue weighted by atomic mass is 9.84. The molecule has 1 aromatic carbocycles. The van der Waals surface area contributed by atoms with E-state index < -0.39 is 0 Å². The molecular weight excluding hydrogens is 264 g/mol. The summed E-state index contributed by atoms with van der Waals surface area (Å²) in [4.78, 5) is 13.9. The molecule has 1 amide bonds. The third kappa shape index (κ3) is 2.97. The van der Waals surface area contributed by atoms with Crippen LogP contribution in [0, 0.1) is 0 Å². The van der Waals surface area contributed by atoms with Gasteiger partial charge in [-0.1, -0.05) is 12.1 Å². The Morgan fingerprint density at radius 2 is 2.00 bits per heavy atom. The molecule has 21 heavy (non-hydrogen) atoms. The Labute approximate surface area is 125 Å². The van der Waals surface area contributed by atoms with Crippen LogP contribution >= 0.6 is 0 Å². The predicted molar refractivity (Wildman–Crippen MR) is 82.2 cm³/mol. The van der Waals surface area contributed by atoms with Crippen LogP contribution in [0.25, 0.3) is 0 Å². The molecule has 4 nitrogen and oxygen atoms in total. The molecule has 0 radical (unpaired) electrons. The van der Waals surface area contributed by atoms with E-state index in [0.717, 1.165) is 25.8 Å². The second kappa shape index (κ2) is 6.16. The number of rotatable bonds is 5. The van der Waals surface area contributed by atoms with Crippen molar-refractivity contribution < 1.29 is 9.90 Å². The van der Waals surface area contributed by atoms with Crippen LogP contribution in [0.3, 0.4) is 0 Å². The van der Waals surface area contributed by atoms with Crippen molar-refractivity contribution in [3.8, 4) is 0 Å². The molecule has 3 N–H and O–H groups in total. The number of aliphatic hydroxyl groups is 1. The van der Waals surface area contributed by atoms with Crippen LogP contribution in [0.1, 0.15) is 53.9 Å². The van der Waals surface area contributed by atoms with E-state index >= 15 is 0 Å². The molecule has 1 unspecified atom stereocenters. The van der Waals surface area contributed by atoms with E-state index in [-0.39, 0.29) is 12.5 Å². The minimum Gasteiger partial charge on any atom is -0.396 e. The number of primary amides is 1. The van der Waals surface area contributed by atoms with Gasteiger partial charge in [0.15, 0.2) is 0 Å². The van der Waals surface area contributed by atoms with E-state index in [0.29, 0.717) is 23.6 Å². The number of benzene rings is 1. The maximum atomic E-state index is 11.3. The van der Waals surface area contributed by atoms with Crippen molar-refractivity contribution in [1.29, 1.82) is 0 Å². The molecule has 3 rings (SSSR count). The van der Waals surface area contributed by atoms with Crippen LogP contribution in [0.15, 0.2) is 24.3 Å². The minimum atomic E-state index is -0.347. The van der Waals surface area contributed by atoms with Gasteiger partial charge in [-0.3, -0.25) is 9.69 Å². The topological polar surface area (TPSA) is 66.6 Å². The summed E-state index contributed by atoms with van der Waals surface area (Å²) in [5.41, 5.74) is 7.25. The van der Waals surface area contributed by atoms with Gasteiger partial charge in [-0.2, -0.15) is 0 Å². The number of hydrogen-bond acceptors (Lipinski definition) is 3. The van der Waals surface area contributed by atoms with Crippen LogP contribution in [-0.2, 0) is 0 Å². The van der Waals surface area contributed by atoms with Gasteiger partial charge in [-0.05, 0) is 55.7 Å². The molecule has 0 saturated carbocycles. The maximum Gasteiger partial charge on any atom is 0.248 e. The van der Waals surface area contributed by atoms with E-state index in [1.807, 2.05) is 12.1 Å².